The molecular weight excluding hydrogens is 287 g/mol. The third-order valence-electron chi connectivity index (χ3n) is 3.57. The van der Waals surface area contributed by atoms with Gasteiger partial charge in [-0.1, -0.05) is 37.9 Å². The van der Waals surface area contributed by atoms with Crippen LogP contribution in [0.1, 0.15) is 43.9 Å². The Morgan fingerprint density at radius 1 is 1.29 bits per heavy atom. The fourth-order valence-corrected chi connectivity index (χ4v) is 2.69. The molecule has 2 aromatic rings. The van der Waals surface area contributed by atoms with Crippen LogP contribution in [0.5, 0.6) is 0 Å². The zero-order valence-corrected chi connectivity index (χ0v) is 13.3. The molecule has 21 heavy (non-hydrogen) atoms. The Bertz CT molecular complexity index is 574. The Kier molecular flexibility index (Phi) is 5.83. The van der Waals surface area contributed by atoms with E-state index < -0.39 is 0 Å². The maximum atomic E-state index is 13.8. The zero-order chi connectivity index (χ0) is 15.2. The smallest absolute Gasteiger partial charge is 0.129 e. The van der Waals surface area contributed by atoms with E-state index in [1.54, 1.807) is 12.1 Å². The van der Waals surface area contributed by atoms with Gasteiger partial charge in [0.2, 0.25) is 0 Å². The number of hydrogen-bond donors (Lipinski definition) is 1. The van der Waals surface area contributed by atoms with Crippen LogP contribution in [-0.4, -0.2) is 11.1 Å². The van der Waals surface area contributed by atoms with Crippen molar-refractivity contribution in [3.05, 3.63) is 58.6 Å². The van der Waals surface area contributed by atoms with Crippen LogP contribution in [0.2, 0.25) is 5.02 Å². The highest BCUT2D eigenvalue weighted by molar-refractivity contribution is 6.30. The lowest BCUT2D eigenvalue weighted by atomic mass is 10.1. The van der Waals surface area contributed by atoms with Gasteiger partial charge in [-0.05, 0) is 36.7 Å². The molecule has 1 heterocycles. The normalized spacial score (nSPS) is 12.6. The number of benzene rings is 1. The summed E-state index contributed by atoms with van der Waals surface area (Å²) in [6.45, 7) is 5.77. The number of rotatable bonds is 7. The summed E-state index contributed by atoms with van der Waals surface area (Å²) >= 11 is 5.78. The molecule has 1 atom stereocenters. The molecule has 0 fully saturated rings. The summed E-state index contributed by atoms with van der Waals surface area (Å²) in [5.41, 5.74) is 1.91. The third kappa shape index (κ3) is 4.32. The Balaban J connectivity index is 2.11. The van der Waals surface area contributed by atoms with Gasteiger partial charge in [-0.15, -0.1) is 0 Å². The Hall–Kier alpha value is -1.32. The summed E-state index contributed by atoms with van der Waals surface area (Å²) in [7, 11) is 0. The summed E-state index contributed by atoms with van der Waals surface area (Å²) < 4.78 is 15.8. The number of nitrogens with zero attached hydrogens (tertiary/aromatic N) is 1. The average molecular weight is 309 g/mol. The van der Waals surface area contributed by atoms with E-state index >= 15 is 0 Å². The molecule has 0 radical (unpaired) electrons. The molecule has 0 aliphatic heterocycles. The largest absolute Gasteiger partial charge is 0.349 e. The lowest BCUT2D eigenvalue weighted by Crippen LogP contribution is -2.20. The van der Waals surface area contributed by atoms with Crippen LogP contribution in [0.25, 0.3) is 0 Å². The van der Waals surface area contributed by atoms with Crippen molar-refractivity contribution in [1.82, 2.24) is 9.88 Å². The van der Waals surface area contributed by atoms with Crippen LogP contribution in [0.3, 0.4) is 0 Å². The second-order valence-electron chi connectivity index (χ2n) is 5.25. The molecule has 0 saturated carbocycles. The molecule has 1 N–H and O–H groups in total. The maximum absolute atomic E-state index is 13.8. The molecule has 2 rings (SSSR count). The van der Waals surface area contributed by atoms with Gasteiger partial charge in [0.25, 0.3) is 0 Å². The van der Waals surface area contributed by atoms with Crippen molar-refractivity contribution < 1.29 is 4.39 Å². The Labute approximate surface area is 130 Å². The number of hydrogen-bond acceptors (Lipinski definition) is 1. The van der Waals surface area contributed by atoms with Gasteiger partial charge in [0.1, 0.15) is 5.82 Å². The molecule has 114 valence electrons. The number of nitrogens with one attached hydrogen (secondary N) is 1. The van der Waals surface area contributed by atoms with Gasteiger partial charge in [-0.2, -0.15) is 0 Å². The molecule has 0 spiro atoms. The molecule has 0 bridgehead atoms. The quantitative estimate of drug-likeness (QED) is 0.779. The topological polar surface area (TPSA) is 17.0 Å². The molecular formula is C17H22ClFN2. The maximum Gasteiger partial charge on any atom is 0.129 e. The minimum absolute atomic E-state index is 0.255. The van der Waals surface area contributed by atoms with E-state index in [0.717, 1.165) is 19.4 Å². The van der Waals surface area contributed by atoms with Crippen molar-refractivity contribution in [2.75, 3.05) is 6.54 Å². The van der Waals surface area contributed by atoms with Gasteiger partial charge in [0, 0.05) is 35.6 Å². The van der Waals surface area contributed by atoms with Gasteiger partial charge >= 0.3 is 0 Å². The molecule has 1 aromatic carbocycles. The number of aromatic nitrogens is 1. The zero-order valence-electron chi connectivity index (χ0n) is 12.6. The monoisotopic (exact) mass is 308 g/mol. The van der Waals surface area contributed by atoms with E-state index in [1.165, 1.54) is 11.6 Å². The predicted molar refractivity (Wildman–Crippen MR) is 86.3 cm³/mol. The summed E-state index contributed by atoms with van der Waals surface area (Å²) in [4.78, 5) is 0. The van der Waals surface area contributed by atoms with Crippen LogP contribution in [0.15, 0.2) is 36.7 Å². The van der Waals surface area contributed by atoms with Crippen molar-refractivity contribution in [3.8, 4) is 0 Å². The summed E-state index contributed by atoms with van der Waals surface area (Å²) in [6.07, 6.45) is 6.34. The van der Waals surface area contributed by atoms with Crippen molar-refractivity contribution in [3.63, 3.8) is 0 Å². The molecule has 0 amide bonds. The molecule has 1 aromatic heterocycles. The van der Waals surface area contributed by atoms with E-state index in [-0.39, 0.29) is 5.82 Å². The van der Waals surface area contributed by atoms with Crippen LogP contribution >= 0.6 is 11.6 Å². The molecule has 0 aliphatic carbocycles. The molecule has 0 aliphatic rings. The fraction of sp³-hybridized carbons (Fsp3) is 0.412. The van der Waals surface area contributed by atoms with Crippen LogP contribution < -0.4 is 5.32 Å². The van der Waals surface area contributed by atoms with E-state index in [1.807, 2.05) is 10.8 Å². The predicted octanol–water partition coefficient (Wildman–Crippen LogP) is 4.78. The van der Waals surface area contributed by atoms with Crippen molar-refractivity contribution in [1.29, 1.82) is 0 Å². The van der Waals surface area contributed by atoms with E-state index in [0.29, 0.717) is 23.2 Å². The van der Waals surface area contributed by atoms with E-state index in [9.17, 15) is 4.39 Å². The Morgan fingerprint density at radius 2 is 2.10 bits per heavy atom. The first-order valence-electron chi connectivity index (χ1n) is 7.47. The lowest BCUT2D eigenvalue weighted by molar-refractivity contribution is 0.508. The first kappa shape index (κ1) is 16.1. The minimum atomic E-state index is -0.255. The van der Waals surface area contributed by atoms with Gasteiger partial charge < -0.3 is 9.88 Å². The van der Waals surface area contributed by atoms with Gasteiger partial charge in [-0.25, -0.2) is 4.39 Å². The van der Waals surface area contributed by atoms with Crippen LogP contribution in [0, 0.1) is 5.82 Å². The van der Waals surface area contributed by atoms with Gasteiger partial charge in [0.05, 0.1) is 0 Å². The third-order valence-corrected chi connectivity index (χ3v) is 3.81. The number of halogens is 2. The van der Waals surface area contributed by atoms with Crippen LogP contribution in [0.4, 0.5) is 4.39 Å². The van der Waals surface area contributed by atoms with Crippen molar-refractivity contribution in [2.24, 2.45) is 0 Å². The average Bonchev–Trinajstić information content (AvgIpc) is 2.90. The molecule has 4 heteroatoms. The van der Waals surface area contributed by atoms with E-state index in [2.05, 4.69) is 31.4 Å². The van der Waals surface area contributed by atoms with Crippen molar-refractivity contribution >= 4 is 11.6 Å². The second kappa shape index (κ2) is 7.62. The fourth-order valence-electron chi connectivity index (χ4n) is 2.53. The highest BCUT2D eigenvalue weighted by Crippen LogP contribution is 2.20. The highest BCUT2D eigenvalue weighted by Gasteiger charge is 2.11. The standard InChI is InChI=1S/C17H22ClFN2/c1-3-5-17(20-4-2)14-8-9-21(12-14)11-13-6-7-15(18)10-16(13)19/h6-10,12,17,20H,3-5,11H2,1-2H3. The van der Waals surface area contributed by atoms with Crippen LogP contribution in [-0.2, 0) is 6.54 Å². The summed E-state index contributed by atoms with van der Waals surface area (Å²) in [5.74, 6) is -0.255. The SMILES string of the molecule is CCCC(NCC)c1ccn(Cc2ccc(Cl)cc2F)c1. The Morgan fingerprint density at radius 3 is 2.76 bits per heavy atom. The van der Waals surface area contributed by atoms with Gasteiger partial charge in [0.15, 0.2) is 0 Å². The second-order valence-corrected chi connectivity index (χ2v) is 5.69. The summed E-state index contributed by atoms with van der Waals surface area (Å²) in [5, 5.41) is 3.92. The van der Waals surface area contributed by atoms with Crippen molar-refractivity contribution in [2.45, 2.75) is 39.3 Å². The summed E-state index contributed by atoms with van der Waals surface area (Å²) in [6, 6.07) is 7.31. The minimum Gasteiger partial charge on any atom is -0.349 e. The molecule has 1 unspecified atom stereocenters. The lowest BCUT2D eigenvalue weighted by Gasteiger charge is -2.15. The van der Waals surface area contributed by atoms with E-state index in [4.69, 9.17) is 11.6 Å². The first-order valence-corrected chi connectivity index (χ1v) is 7.84. The molecule has 2 nitrogen and oxygen atoms in total. The van der Waals surface area contributed by atoms with Gasteiger partial charge in [-0.3, -0.25) is 0 Å². The first-order chi connectivity index (χ1) is 10.1. The highest BCUT2D eigenvalue weighted by atomic mass is 35.5. The molecule has 0 saturated heterocycles.